The molecule has 2 heterocycles. The lowest BCUT2D eigenvalue weighted by atomic mass is 10.0. The number of benzene rings is 2. The van der Waals surface area contributed by atoms with E-state index < -0.39 is 0 Å². The van der Waals surface area contributed by atoms with Crippen molar-refractivity contribution in [1.82, 2.24) is 20.5 Å². The van der Waals surface area contributed by atoms with Gasteiger partial charge in [-0.3, -0.25) is 9.89 Å². The predicted molar refractivity (Wildman–Crippen MR) is 144 cm³/mol. The van der Waals surface area contributed by atoms with Crippen LogP contribution in [-0.4, -0.2) is 42.0 Å². The van der Waals surface area contributed by atoms with E-state index in [1.807, 2.05) is 12.1 Å². The zero-order valence-electron chi connectivity index (χ0n) is 19.3. The van der Waals surface area contributed by atoms with Crippen molar-refractivity contribution in [1.29, 1.82) is 0 Å². The van der Waals surface area contributed by atoms with Gasteiger partial charge in [0.05, 0.1) is 0 Å². The molecule has 1 saturated heterocycles. The van der Waals surface area contributed by atoms with Crippen LogP contribution in [-0.2, 0) is 13.1 Å². The van der Waals surface area contributed by atoms with Crippen molar-refractivity contribution in [2.24, 2.45) is 4.99 Å². The van der Waals surface area contributed by atoms with Gasteiger partial charge in [-0.1, -0.05) is 42.5 Å². The quantitative estimate of drug-likeness (QED) is 0.237. The number of likely N-dealkylation sites (tertiary alicyclic amines) is 1. The topological polar surface area (TPSA) is 61.8 Å². The number of rotatable bonds is 7. The van der Waals surface area contributed by atoms with Gasteiger partial charge >= 0.3 is 0 Å². The molecule has 0 radical (unpaired) electrons. The fraction of sp³-hybridized carbons (Fsp3) is 0.308. The van der Waals surface area contributed by atoms with Gasteiger partial charge < -0.3 is 15.4 Å². The van der Waals surface area contributed by atoms with Crippen LogP contribution in [0.2, 0.25) is 0 Å². The third-order valence-corrected chi connectivity index (χ3v) is 5.71. The summed E-state index contributed by atoms with van der Waals surface area (Å²) in [5.41, 5.74) is 2.22. The van der Waals surface area contributed by atoms with E-state index in [9.17, 15) is 4.39 Å². The Labute approximate surface area is 217 Å². The molecule has 4 rings (SSSR count). The first-order valence-electron chi connectivity index (χ1n) is 11.3. The monoisotopic (exact) mass is 575 g/mol. The molecule has 180 valence electrons. The Balaban J connectivity index is 0.00000324. The van der Waals surface area contributed by atoms with E-state index in [2.05, 4.69) is 55.8 Å². The number of guanidine groups is 1. The van der Waals surface area contributed by atoms with Gasteiger partial charge in [0, 0.05) is 57.1 Å². The zero-order chi connectivity index (χ0) is 22.9. The standard InChI is InChI=1S/C26H30FN5O.HI/c1-28-26(31-23-12-15-32(16-13-23)19-20-7-3-2-4-8-20)30-18-21-9-6-14-29-25(21)33-24-11-5-10-22(27)17-24;/h2-11,14,17,23H,12-13,15-16,18-19H2,1H3,(H2,28,30,31);1H. The molecule has 1 aliphatic heterocycles. The highest BCUT2D eigenvalue weighted by atomic mass is 127. The van der Waals surface area contributed by atoms with Crippen LogP contribution in [0.1, 0.15) is 24.0 Å². The summed E-state index contributed by atoms with van der Waals surface area (Å²) < 4.78 is 19.3. The Kier molecular flexibility index (Phi) is 10.1. The number of ether oxygens (including phenoxy) is 1. The number of aliphatic imine (C=N–C) groups is 1. The molecule has 0 bridgehead atoms. The number of hydrogen-bond acceptors (Lipinski definition) is 4. The minimum absolute atomic E-state index is 0. The van der Waals surface area contributed by atoms with E-state index in [0.29, 0.717) is 24.2 Å². The van der Waals surface area contributed by atoms with Crippen LogP contribution in [0, 0.1) is 5.82 Å². The average molecular weight is 575 g/mol. The molecule has 0 spiro atoms. The smallest absolute Gasteiger partial charge is 0.224 e. The van der Waals surface area contributed by atoms with Gasteiger partial charge in [0.25, 0.3) is 0 Å². The first-order valence-corrected chi connectivity index (χ1v) is 11.3. The first kappa shape index (κ1) is 25.9. The summed E-state index contributed by atoms with van der Waals surface area (Å²) >= 11 is 0. The molecule has 1 aliphatic rings. The van der Waals surface area contributed by atoms with Gasteiger partial charge in [0.1, 0.15) is 11.6 Å². The summed E-state index contributed by atoms with van der Waals surface area (Å²) in [5.74, 6) is 1.26. The minimum atomic E-state index is -0.345. The molecule has 0 atom stereocenters. The van der Waals surface area contributed by atoms with Crippen molar-refractivity contribution in [3.05, 3.63) is 89.9 Å². The predicted octanol–water partition coefficient (Wildman–Crippen LogP) is 4.96. The van der Waals surface area contributed by atoms with Gasteiger partial charge in [0.2, 0.25) is 5.88 Å². The summed E-state index contributed by atoms with van der Waals surface area (Å²) in [6, 6.07) is 20.8. The van der Waals surface area contributed by atoms with Crippen molar-refractivity contribution in [3.8, 4) is 11.6 Å². The molecule has 34 heavy (non-hydrogen) atoms. The molecule has 3 aromatic rings. The molecule has 1 aromatic heterocycles. The van der Waals surface area contributed by atoms with Crippen LogP contribution in [0.3, 0.4) is 0 Å². The van der Waals surface area contributed by atoms with Crippen molar-refractivity contribution in [3.63, 3.8) is 0 Å². The molecule has 2 aromatic carbocycles. The van der Waals surface area contributed by atoms with Crippen molar-refractivity contribution < 1.29 is 9.13 Å². The average Bonchev–Trinajstić information content (AvgIpc) is 2.84. The van der Waals surface area contributed by atoms with Crippen LogP contribution in [0.25, 0.3) is 0 Å². The fourth-order valence-corrected chi connectivity index (χ4v) is 3.94. The van der Waals surface area contributed by atoms with Crippen molar-refractivity contribution in [2.45, 2.75) is 32.0 Å². The molecule has 6 nitrogen and oxygen atoms in total. The van der Waals surface area contributed by atoms with E-state index in [-0.39, 0.29) is 29.8 Å². The summed E-state index contributed by atoms with van der Waals surface area (Å²) in [6.45, 7) is 3.59. The van der Waals surface area contributed by atoms with Crippen molar-refractivity contribution >= 4 is 29.9 Å². The highest BCUT2D eigenvalue weighted by Crippen LogP contribution is 2.23. The molecule has 8 heteroatoms. The second-order valence-corrected chi connectivity index (χ2v) is 8.13. The molecule has 1 fully saturated rings. The Morgan fingerprint density at radius 1 is 1.09 bits per heavy atom. The Bertz CT molecular complexity index is 1060. The van der Waals surface area contributed by atoms with Crippen LogP contribution in [0.4, 0.5) is 4.39 Å². The molecule has 0 aliphatic carbocycles. The van der Waals surface area contributed by atoms with E-state index in [1.54, 1.807) is 25.4 Å². The summed E-state index contributed by atoms with van der Waals surface area (Å²) in [7, 11) is 1.77. The van der Waals surface area contributed by atoms with Crippen molar-refractivity contribution in [2.75, 3.05) is 20.1 Å². The first-order chi connectivity index (χ1) is 16.2. The lowest BCUT2D eigenvalue weighted by Crippen LogP contribution is -2.48. The highest BCUT2D eigenvalue weighted by molar-refractivity contribution is 14.0. The van der Waals surface area contributed by atoms with Gasteiger partial charge in [-0.05, 0) is 36.6 Å². The lowest BCUT2D eigenvalue weighted by Gasteiger charge is -2.33. The second-order valence-electron chi connectivity index (χ2n) is 8.13. The maximum Gasteiger partial charge on any atom is 0.224 e. The number of hydrogen-bond donors (Lipinski definition) is 2. The van der Waals surface area contributed by atoms with E-state index in [0.717, 1.165) is 44.0 Å². The van der Waals surface area contributed by atoms with Gasteiger partial charge in [-0.25, -0.2) is 9.37 Å². The number of halogens is 2. The third-order valence-electron chi connectivity index (χ3n) is 5.71. The minimum Gasteiger partial charge on any atom is -0.439 e. The summed E-state index contributed by atoms with van der Waals surface area (Å²) in [6.07, 6.45) is 3.79. The fourth-order valence-electron chi connectivity index (χ4n) is 3.94. The maximum atomic E-state index is 13.5. The molecule has 2 N–H and O–H groups in total. The number of nitrogens with zero attached hydrogens (tertiary/aromatic N) is 3. The highest BCUT2D eigenvalue weighted by Gasteiger charge is 2.20. The van der Waals surface area contributed by atoms with E-state index in [1.165, 1.54) is 17.7 Å². The Hall–Kier alpha value is -2.72. The van der Waals surface area contributed by atoms with Gasteiger partial charge in [-0.15, -0.1) is 24.0 Å². The molecular formula is C26H31FIN5O. The normalized spacial score (nSPS) is 14.8. The van der Waals surface area contributed by atoms with Crippen LogP contribution < -0.4 is 15.4 Å². The Morgan fingerprint density at radius 2 is 1.88 bits per heavy atom. The maximum absolute atomic E-state index is 13.5. The molecule has 0 saturated carbocycles. The zero-order valence-corrected chi connectivity index (χ0v) is 21.6. The van der Waals surface area contributed by atoms with Crippen LogP contribution >= 0.6 is 24.0 Å². The molecule has 0 unspecified atom stereocenters. The van der Waals surface area contributed by atoms with Gasteiger partial charge in [-0.2, -0.15) is 0 Å². The molecular weight excluding hydrogens is 544 g/mol. The third kappa shape index (κ3) is 7.66. The van der Waals surface area contributed by atoms with E-state index in [4.69, 9.17) is 4.74 Å². The van der Waals surface area contributed by atoms with E-state index >= 15 is 0 Å². The van der Waals surface area contributed by atoms with Crippen LogP contribution in [0.5, 0.6) is 11.6 Å². The Morgan fingerprint density at radius 3 is 2.62 bits per heavy atom. The molecule has 0 amide bonds. The summed E-state index contributed by atoms with van der Waals surface area (Å²) in [4.78, 5) is 11.2. The number of nitrogens with one attached hydrogen (secondary N) is 2. The second kappa shape index (κ2) is 13.2. The SMILES string of the molecule is CN=C(NCc1cccnc1Oc1cccc(F)c1)NC1CCN(Cc2ccccc2)CC1.I. The number of piperidine rings is 1. The van der Waals surface area contributed by atoms with Gasteiger partial charge in [0.15, 0.2) is 5.96 Å². The summed E-state index contributed by atoms with van der Waals surface area (Å²) in [5, 5.41) is 6.89. The lowest BCUT2D eigenvalue weighted by molar-refractivity contribution is 0.198. The number of pyridine rings is 1. The number of aromatic nitrogens is 1. The largest absolute Gasteiger partial charge is 0.439 e. The van der Waals surface area contributed by atoms with Crippen LogP contribution in [0.15, 0.2) is 77.9 Å².